The van der Waals surface area contributed by atoms with E-state index in [0.29, 0.717) is 23.4 Å². The first kappa shape index (κ1) is 21.4. The molecule has 1 aromatic heterocycles. The van der Waals surface area contributed by atoms with E-state index in [1.54, 1.807) is 23.0 Å². The number of aromatic nitrogens is 3. The molecule has 3 aromatic rings. The van der Waals surface area contributed by atoms with Crippen molar-refractivity contribution < 1.29 is 27.4 Å². The number of ether oxygens (including phenoxy) is 1. The Morgan fingerprint density at radius 2 is 1.94 bits per heavy atom. The van der Waals surface area contributed by atoms with E-state index >= 15 is 0 Å². The van der Waals surface area contributed by atoms with Crippen LogP contribution in [0.5, 0.6) is 0 Å². The molecular weight excluding hydrogens is 416 g/mol. The van der Waals surface area contributed by atoms with Gasteiger partial charge in [0.05, 0.1) is 43.2 Å². The second-order valence-electron chi connectivity index (χ2n) is 7.38. The molecule has 0 radical (unpaired) electrons. The van der Waals surface area contributed by atoms with Crippen LogP contribution in [0.1, 0.15) is 11.1 Å². The van der Waals surface area contributed by atoms with Gasteiger partial charge in [0.1, 0.15) is 11.5 Å². The molecule has 2 heterocycles. The molecule has 0 amide bonds. The molecule has 1 saturated heterocycles. The van der Waals surface area contributed by atoms with Crippen LogP contribution in [0.15, 0.2) is 54.7 Å². The molecule has 1 aliphatic heterocycles. The fourth-order valence-electron chi connectivity index (χ4n) is 3.51. The average molecular weight is 436 g/mol. The van der Waals surface area contributed by atoms with Crippen LogP contribution in [0.2, 0.25) is 0 Å². The van der Waals surface area contributed by atoms with Gasteiger partial charge in [-0.05, 0) is 29.8 Å². The lowest BCUT2D eigenvalue weighted by Crippen LogP contribution is -2.45. The highest BCUT2D eigenvalue weighted by atomic mass is 19.4. The zero-order valence-corrected chi connectivity index (χ0v) is 16.3. The molecule has 0 saturated carbocycles. The van der Waals surface area contributed by atoms with Crippen molar-refractivity contribution in [3.8, 4) is 11.3 Å². The maximum Gasteiger partial charge on any atom is 0.416 e. The van der Waals surface area contributed by atoms with Crippen molar-refractivity contribution in [2.45, 2.75) is 37.5 Å². The molecule has 4 rings (SSSR count). The van der Waals surface area contributed by atoms with Gasteiger partial charge in [-0.2, -0.15) is 13.2 Å². The SMILES string of the molecule is O[C@H]1CO[C@H](Cn2cc(-c3cccc(F)c3)nn2)[C@@H]1NCc1ccc(C(F)(F)F)cc1. The van der Waals surface area contributed by atoms with Crippen molar-refractivity contribution in [2.24, 2.45) is 0 Å². The quantitative estimate of drug-likeness (QED) is 0.582. The van der Waals surface area contributed by atoms with Gasteiger partial charge < -0.3 is 15.2 Å². The third kappa shape index (κ3) is 5.09. The van der Waals surface area contributed by atoms with Crippen LogP contribution in [0, 0.1) is 5.82 Å². The lowest BCUT2D eigenvalue weighted by Gasteiger charge is -2.22. The van der Waals surface area contributed by atoms with Gasteiger partial charge >= 0.3 is 6.18 Å². The molecule has 10 heteroatoms. The molecule has 2 N–H and O–H groups in total. The number of benzene rings is 2. The molecule has 0 aliphatic carbocycles. The lowest BCUT2D eigenvalue weighted by atomic mass is 10.1. The van der Waals surface area contributed by atoms with E-state index in [2.05, 4.69) is 15.6 Å². The maximum atomic E-state index is 13.4. The highest BCUT2D eigenvalue weighted by Crippen LogP contribution is 2.29. The van der Waals surface area contributed by atoms with Gasteiger partial charge in [-0.3, -0.25) is 0 Å². The van der Waals surface area contributed by atoms with E-state index in [9.17, 15) is 22.7 Å². The van der Waals surface area contributed by atoms with Crippen molar-refractivity contribution in [2.75, 3.05) is 6.61 Å². The number of rotatable bonds is 6. The van der Waals surface area contributed by atoms with Crippen LogP contribution in [0.3, 0.4) is 0 Å². The molecule has 31 heavy (non-hydrogen) atoms. The van der Waals surface area contributed by atoms with Crippen LogP contribution in [-0.4, -0.2) is 45.0 Å². The Morgan fingerprint density at radius 1 is 1.16 bits per heavy atom. The fourth-order valence-corrected chi connectivity index (χ4v) is 3.51. The third-order valence-electron chi connectivity index (χ3n) is 5.15. The van der Waals surface area contributed by atoms with E-state index in [0.717, 1.165) is 12.1 Å². The first-order valence-electron chi connectivity index (χ1n) is 9.65. The van der Waals surface area contributed by atoms with Crippen molar-refractivity contribution in [3.05, 3.63) is 71.7 Å². The van der Waals surface area contributed by atoms with Crippen molar-refractivity contribution >= 4 is 0 Å². The molecule has 0 spiro atoms. The summed E-state index contributed by atoms with van der Waals surface area (Å²) < 4.78 is 58.7. The van der Waals surface area contributed by atoms with Crippen LogP contribution < -0.4 is 5.32 Å². The number of nitrogens with one attached hydrogen (secondary N) is 1. The van der Waals surface area contributed by atoms with Gasteiger partial charge in [0.15, 0.2) is 0 Å². The van der Waals surface area contributed by atoms with Gasteiger partial charge in [0, 0.05) is 12.1 Å². The largest absolute Gasteiger partial charge is 0.416 e. The van der Waals surface area contributed by atoms with Crippen LogP contribution in [0.4, 0.5) is 17.6 Å². The number of aliphatic hydroxyl groups excluding tert-OH is 1. The number of aliphatic hydroxyl groups is 1. The second kappa shape index (κ2) is 8.74. The Hall–Kier alpha value is -2.82. The number of alkyl halides is 3. The zero-order chi connectivity index (χ0) is 22.0. The summed E-state index contributed by atoms with van der Waals surface area (Å²) in [5, 5.41) is 21.5. The minimum absolute atomic E-state index is 0.126. The van der Waals surface area contributed by atoms with Crippen molar-refractivity contribution in [1.29, 1.82) is 0 Å². The fraction of sp³-hybridized carbons (Fsp3) is 0.333. The number of hydrogen-bond acceptors (Lipinski definition) is 5. The molecule has 1 fully saturated rings. The van der Waals surface area contributed by atoms with E-state index in [1.807, 2.05) is 0 Å². The molecule has 1 aliphatic rings. The summed E-state index contributed by atoms with van der Waals surface area (Å²) >= 11 is 0. The van der Waals surface area contributed by atoms with Gasteiger partial charge in [0.25, 0.3) is 0 Å². The molecular formula is C21H20F4N4O2. The Labute approximate surface area is 175 Å². The van der Waals surface area contributed by atoms with Crippen LogP contribution in [-0.2, 0) is 24.0 Å². The smallest absolute Gasteiger partial charge is 0.389 e. The molecule has 3 atom stereocenters. The molecule has 164 valence electrons. The summed E-state index contributed by atoms with van der Waals surface area (Å²) in [7, 11) is 0. The normalized spacial score (nSPS) is 21.5. The lowest BCUT2D eigenvalue weighted by molar-refractivity contribution is -0.137. The summed E-state index contributed by atoms with van der Waals surface area (Å²) in [4.78, 5) is 0. The van der Waals surface area contributed by atoms with E-state index in [4.69, 9.17) is 4.74 Å². The summed E-state index contributed by atoms with van der Waals surface area (Å²) in [6.07, 6.45) is -3.91. The monoisotopic (exact) mass is 436 g/mol. The molecule has 2 aromatic carbocycles. The number of hydrogen-bond donors (Lipinski definition) is 2. The number of halogens is 4. The minimum Gasteiger partial charge on any atom is -0.389 e. The zero-order valence-electron chi connectivity index (χ0n) is 16.3. The van der Waals surface area contributed by atoms with Gasteiger partial charge in [-0.1, -0.05) is 29.5 Å². The second-order valence-corrected chi connectivity index (χ2v) is 7.38. The predicted octanol–water partition coefficient (Wildman–Crippen LogP) is 3.02. The Bertz CT molecular complexity index is 1020. The molecule has 0 bridgehead atoms. The Kier molecular flexibility index (Phi) is 6.03. The highest BCUT2D eigenvalue weighted by Gasteiger charge is 2.36. The average Bonchev–Trinajstić information content (AvgIpc) is 3.33. The summed E-state index contributed by atoms with van der Waals surface area (Å²) in [6, 6.07) is 10.4. The van der Waals surface area contributed by atoms with Crippen molar-refractivity contribution in [1.82, 2.24) is 20.3 Å². The van der Waals surface area contributed by atoms with Gasteiger partial charge in [-0.25, -0.2) is 9.07 Å². The molecule has 0 unspecified atom stereocenters. The summed E-state index contributed by atoms with van der Waals surface area (Å²) in [5.74, 6) is -0.373. The highest BCUT2D eigenvalue weighted by molar-refractivity contribution is 5.57. The minimum atomic E-state index is -4.38. The Morgan fingerprint density at radius 3 is 2.65 bits per heavy atom. The van der Waals surface area contributed by atoms with E-state index in [1.165, 1.54) is 24.3 Å². The summed E-state index contributed by atoms with van der Waals surface area (Å²) in [6.45, 7) is 0.691. The van der Waals surface area contributed by atoms with Crippen LogP contribution >= 0.6 is 0 Å². The third-order valence-corrected chi connectivity index (χ3v) is 5.15. The van der Waals surface area contributed by atoms with E-state index in [-0.39, 0.29) is 19.0 Å². The first-order valence-corrected chi connectivity index (χ1v) is 9.65. The van der Waals surface area contributed by atoms with Gasteiger partial charge in [-0.15, -0.1) is 5.10 Å². The van der Waals surface area contributed by atoms with Crippen LogP contribution in [0.25, 0.3) is 11.3 Å². The van der Waals surface area contributed by atoms with E-state index < -0.39 is 30.0 Å². The van der Waals surface area contributed by atoms with Gasteiger partial charge in [0.2, 0.25) is 0 Å². The topological polar surface area (TPSA) is 72.2 Å². The number of nitrogens with zero attached hydrogens (tertiary/aromatic N) is 3. The Balaban J connectivity index is 1.39. The first-order chi connectivity index (χ1) is 14.8. The maximum absolute atomic E-state index is 13.4. The van der Waals surface area contributed by atoms with Crippen molar-refractivity contribution in [3.63, 3.8) is 0 Å². The predicted molar refractivity (Wildman–Crippen MR) is 103 cm³/mol. The standard InChI is InChI=1S/C21H20F4N4O2/c22-16-3-1-2-14(8-16)17-10-29(28-27-17)11-19-20(18(30)12-31-19)26-9-13-4-6-15(7-5-13)21(23,24)25/h1-8,10,18-20,26,30H,9,11-12H2/t18-,19+,20+/m0/s1. The summed E-state index contributed by atoms with van der Waals surface area (Å²) in [5.41, 5.74) is 1.04. The molecule has 6 nitrogen and oxygen atoms in total.